The highest BCUT2D eigenvalue weighted by molar-refractivity contribution is 5.85. The number of hydrogen-bond donors (Lipinski definition) is 0. The Hall–Kier alpha value is -6.20. The SMILES string of the molecule is COc1cc2c(cc1OC)[C@@H]1CC(=O)[C@@H](CC(C)C)CN1CC2.COc1cc2c(cc1OC)[C@@H]1CC(=O)[C@H](CC(C)C)CN1CC2.COc1cc2c(cc1OC)[C@H]1CC(=O)[C@@H](CC(C)C)CN1CC2.COc1cc2c(cc1OC)[C@H]1CC(=O)[C@H](CC(C)C)CN1CC2. The van der Waals surface area contributed by atoms with Crippen LogP contribution in [0.15, 0.2) is 48.5 Å². The minimum Gasteiger partial charge on any atom is -0.493 e. The predicted molar refractivity (Wildman–Crippen MR) is 361 cm³/mol. The molecule has 4 aromatic rings. The van der Waals surface area contributed by atoms with Crippen LogP contribution in [0.2, 0.25) is 0 Å². The number of ketones is 4. The second kappa shape index (κ2) is 31.4. The van der Waals surface area contributed by atoms with Crippen molar-refractivity contribution in [1.82, 2.24) is 19.6 Å². The van der Waals surface area contributed by atoms with Crippen molar-refractivity contribution in [1.29, 1.82) is 0 Å². The minimum atomic E-state index is 0.202. The van der Waals surface area contributed by atoms with Crippen molar-refractivity contribution in [3.63, 3.8) is 0 Å². The van der Waals surface area contributed by atoms with E-state index in [0.717, 1.165) is 150 Å². The van der Waals surface area contributed by atoms with Gasteiger partial charge in [-0.2, -0.15) is 0 Å². The molecule has 8 atom stereocenters. The summed E-state index contributed by atoms with van der Waals surface area (Å²) < 4.78 is 43.5. The van der Waals surface area contributed by atoms with E-state index >= 15 is 0 Å². The Morgan fingerprint density at radius 2 is 0.478 bits per heavy atom. The normalized spacial score (nSPS) is 24.3. The maximum Gasteiger partial charge on any atom is 0.161 e. The molecule has 4 saturated heterocycles. The quantitative estimate of drug-likeness (QED) is 0.104. The molecule has 0 amide bonds. The lowest BCUT2D eigenvalue weighted by molar-refractivity contribution is -0.130. The van der Waals surface area contributed by atoms with Crippen LogP contribution in [0.1, 0.15) is 175 Å². The topological polar surface area (TPSA) is 155 Å². The lowest BCUT2D eigenvalue weighted by atomic mass is 9.80. The van der Waals surface area contributed by atoms with Crippen molar-refractivity contribution in [2.75, 3.05) is 109 Å². The lowest BCUT2D eigenvalue weighted by Gasteiger charge is -2.43. The largest absolute Gasteiger partial charge is 0.493 e. The number of carbonyl (C=O) groups excluding carboxylic acids is 4. The summed E-state index contributed by atoms with van der Waals surface area (Å²) in [5.41, 5.74) is 10.1. The average Bonchev–Trinajstić information content (AvgIpc) is 0.797. The molecule has 0 radical (unpaired) electrons. The first-order valence-corrected chi connectivity index (χ1v) is 34.2. The first-order valence-electron chi connectivity index (χ1n) is 34.2. The summed E-state index contributed by atoms with van der Waals surface area (Å²) in [6.07, 6.45) is 10.5. The van der Waals surface area contributed by atoms with Crippen LogP contribution in [0.4, 0.5) is 0 Å². The summed E-state index contributed by atoms with van der Waals surface area (Å²) in [4.78, 5) is 60.3. The molecule has 8 aliphatic heterocycles. The molecule has 0 bridgehead atoms. The van der Waals surface area contributed by atoms with E-state index in [1.165, 1.54) is 44.5 Å². The van der Waals surface area contributed by atoms with E-state index < -0.39 is 0 Å². The van der Waals surface area contributed by atoms with Crippen molar-refractivity contribution in [3.05, 3.63) is 93.0 Å². The second-order valence-electron chi connectivity index (χ2n) is 28.7. The van der Waals surface area contributed by atoms with Crippen molar-refractivity contribution >= 4 is 23.1 Å². The highest BCUT2D eigenvalue weighted by Crippen LogP contribution is 2.47. The molecule has 504 valence electrons. The number of carbonyl (C=O) groups is 4. The fourth-order valence-electron chi connectivity index (χ4n) is 16.2. The monoisotopic (exact) mass is 1270 g/mol. The molecule has 16 nitrogen and oxygen atoms in total. The third kappa shape index (κ3) is 15.9. The van der Waals surface area contributed by atoms with E-state index in [2.05, 4.69) is 124 Å². The van der Waals surface area contributed by atoms with E-state index in [1.807, 2.05) is 0 Å². The van der Waals surface area contributed by atoms with Gasteiger partial charge < -0.3 is 37.9 Å². The summed E-state index contributed by atoms with van der Waals surface area (Å²) in [6.45, 7) is 25.3. The Morgan fingerprint density at radius 3 is 0.641 bits per heavy atom. The number of Topliss-reactive ketones (excluding diaryl/α,β-unsaturated/α-hetero) is 4. The number of benzene rings is 4. The van der Waals surface area contributed by atoms with Gasteiger partial charge in [0.1, 0.15) is 23.1 Å². The summed E-state index contributed by atoms with van der Waals surface area (Å²) >= 11 is 0. The molecule has 8 heterocycles. The summed E-state index contributed by atoms with van der Waals surface area (Å²) in [7, 11) is 13.3. The Bertz CT molecular complexity index is 2810. The zero-order chi connectivity index (χ0) is 66.2. The number of methoxy groups -OCH3 is 8. The maximum atomic E-state index is 12.6. The van der Waals surface area contributed by atoms with Gasteiger partial charge in [0.25, 0.3) is 0 Å². The molecule has 12 rings (SSSR count). The molecule has 8 aliphatic rings. The van der Waals surface area contributed by atoms with Gasteiger partial charge in [0.05, 0.1) is 56.9 Å². The van der Waals surface area contributed by atoms with Crippen LogP contribution < -0.4 is 37.9 Å². The summed E-state index contributed by atoms with van der Waals surface area (Å²) in [5, 5.41) is 0. The van der Waals surface area contributed by atoms with Gasteiger partial charge in [0.2, 0.25) is 0 Å². The first kappa shape index (κ1) is 70.1. The lowest BCUT2D eigenvalue weighted by Crippen LogP contribution is -2.46. The summed E-state index contributed by atoms with van der Waals surface area (Å²) in [5.74, 6) is 10.9. The van der Waals surface area contributed by atoms with Gasteiger partial charge in [0, 0.05) is 126 Å². The van der Waals surface area contributed by atoms with Crippen molar-refractivity contribution in [3.8, 4) is 46.0 Å². The van der Waals surface area contributed by atoms with Gasteiger partial charge in [-0.25, -0.2) is 0 Å². The van der Waals surface area contributed by atoms with Gasteiger partial charge in [-0.3, -0.25) is 38.8 Å². The third-order valence-electron chi connectivity index (χ3n) is 20.7. The molecule has 0 N–H and O–H groups in total. The van der Waals surface area contributed by atoms with Crippen molar-refractivity contribution in [2.45, 2.75) is 157 Å². The van der Waals surface area contributed by atoms with E-state index in [1.54, 1.807) is 56.9 Å². The van der Waals surface area contributed by atoms with Gasteiger partial charge in [-0.1, -0.05) is 55.4 Å². The Kier molecular flexibility index (Phi) is 23.9. The van der Waals surface area contributed by atoms with Crippen LogP contribution in [-0.2, 0) is 44.9 Å². The van der Waals surface area contributed by atoms with E-state index in [9.17, 15) is 19.2 Å². The Labute approximate surface area is 549 Å². The number of hydrogen-bond acceptors (Lipinski definition) is 16. The minimum absolute atomic E-state index is 0.202. The zero-order valence-electron chi connectivity index (χ0n) is 58.4. The van der Waals surface area contributed by atoms with E-state index in [0.29, 0.717) is 72.5 Å². The third-order valence-corrected chi connectivity index (χ3v) is 20.7. The fraction of sp³-hybridized carbons (Fsp3) is 0.632. The van der Waals surface area contributed by atoms with Crippen molar-refractivity contribution < 1.29 is 57.1 Å². The van der Waals surface area contributed by atoms with E-state index in [4.69, 9.17) is 37.9 Å². The molecular formula is C76H108N4O12. The molecule has 0 aromatic heterocycles. The number of rotatable bonds is 16. The average molecular weight is 1270 g/mol. The molecule has 4 fully saturated rings. The van der Waals surface area contributed by atoms with Crippen LogP contribution in [0.25, 0.3) is 0 Å². The van der Waals surface area contributed by atoms with Crippen LogP contribution in [0.3, 0.4) is 0 Å². The van der Waals surface area contributed by atoms with Gasteiger partial charge >= 0.3 is 0 Å². The highest BCUT2D eigenvalue weighted by Gasteiger charge is 2.43. The van der Waals surface area contributed by atoms with Crippen LogP contribution in [0.5, 0.6) is 46.0 Å². The number of piperidine rings is 4. The number of ether oxygens (including phenoxy) is 8. The zero-order valence-corrected chi connectivity index (χ0v) is 58.4. The van der Waals surface area contributed by atoms with Gasteiger partial charge in [-0.15, -0.1) is 0 Å². The fourth-order valence-corrected chi connectivity index (χ4v) is 16.2. The molecule has 0 aliphatic carbocycles. The predicted octanol–water partition coefficient (Wildman–Crippen LogP) is 13.0. The smallest absolute Gasteiger partial charge is 0.161 e. The molecular weight excluding hydrogens is 1160 g/mol. The Balaban J connectivity index is 0.000000145. The van der Waals surface area contributed by atoms with Crippen LogP contribution in [0, 0.1) is 47.3 Å². The number of nitrogens with zero attached hydrogens (tertiary/aromatic N) is 4. The molecule has 0 saturated carbocycles. The molecule has 0 unspecified atom stereocenters. The second-order valence-corrected chi connectivity index (χ2v) is 28.7. The van der Waals surface area contributed by atoms with Crippen molar-refractivity contribution in [2.24, 2.45) is 47.3 Å². The Morgan fingerprint density at radius 1 is 0.304 bits per heavy atom. The van der Waals surface area contributed by atoms with Gasteiger partial charge in [0.15, 0.2) is 46.0 Å². The molecule has 0 spiro atoms. The standard InChI is InChI=1S/4C19H27NO3/c4*1-12(2)7-14-11-20-6-5-13-8-18(22-3)19(23-4)9-15(13)16(20)10-17(14)21/h4*8-9,12,14,16H,5-7,10-11H2,1-4H3/t2*14-,16+;2*14-,16-/m1010/s1. The van der Waals surface area contributed by atoms with Crippen LogP contribution in [-0.4, -0.2) is 152 Å². The highest BCUT2D eigenvalue weighted by atomic mass is 16.5. The van der Waals surface area contributed by atoms with Crippen LogP contribution >= 0.6 is 0 Å². The van der Waals surface area contributed by atoms with Gasteiger partial charge in [-0.05, 0) is 168 Å². The molecule has 16 heteroatoms. The number of fused-ring (bicyclic) bond motifs is 12. The molecule has 92 heavy (non-hydrogen) atoms. The maximum absolute atomic E-state index is 12.6. The van der Waals surface area contributed by atoms with E-state index in [-0.39, 0.29) is 47.8 Å². The molecule has 4 aromatic carbocycles. The summed E-state index contributed by atoms with van der Waals surface area (Å²) in [6, 6.07) is 17.4. The first-order chi connectivity index (χ1) is 44.1.